The van der Waals surface area contributed by atoms with Gasteiger partial charge in [0.1, 0.15) is 0 Å². The van der Waals surface area contributed by atoms with Crippen molar-refractivity contribution in [1.82, 2.24) is 9.21 Å². The van der Waals surface area contributed by atoms with Crippen molar-refractivity contribution in [2.24, 2.45) is 0 Å². The Kier molecular flexibility index (Phi) is 5.24. The van der Waals surface area contributed by atoms with E-state index in [1.54, 1.807) is 18.2 Å². The topological polar surface area (TPSA) is 60.9 Å². The minimum Gasteiger partial charge on any atom is -0.385 e. The number of aliphatic hydroxyl groups is 1. The van der Waals surface area contributed by atoms with Crippen LogP contribution in [0.25, 0.3) is 0 Å². The van der Waals surface area contributed by atoms with Crippen LogP contribution in [0.15, 0.2) is 77.7 Å². The molecule has 3 aromatic rings. The molecule has 0 aromatic heterocycles. The van der Waals surface area contributed by atoms with Crippen LogP contribution in [0.4, 0.5) is 0 Å². The predicted molar refractivity (Wildman–Crippen MR) is 137 cm³/mol. The standard InChI is InChI=1S/C29H32N2O3S/c1-30(2)35(33,34)27-14-8-7-13-26(27)29(32)15-17-31(18-16-29)20-28-19-23(21-9-3-5-11-24(21)28)22-10-4-6-12-25(22)28/h3-14,23,32H,15-20H2,1-2H3. The third kappa shape index (κ3) is 3.34. The Morgan fingerprint density at radius 2 is 1.37 bits per heavy atom. The molecule has 1 heterocycles. The number of benzene rings is 3. The molecule has 6 heteroatoms. The maximum atomic E-state index is 13.0. The summed E-state index contributed by atoms with van der Waals surface area (Å²) in [6, 6.07) is 24.7. The first-order valence-corrected chi connectivity index (χ1v) is 13.9. The van der Waals surface area contributed by atoms with Gasteiger partial charge in [-0.25, -0.2) is 12.7 Å². The highest BCUT2D eigenvalue weighted by atomic mass is 32.2. The van der Waals surface area contributed by atoms with Crippen molar-refractivity contribution in [3.05, 3.63) is 101 Å². The number of piperidine rings is 1. The number of likely N-dealkylation sites (tertiary alicyclic amines) is 1. The van der Waals surface area contributed by atoms with Gasteiger partial charge in [-0.1, -0.05) is 66.7 Å². The molecular formula is C29H32N2O3S. The van der Waals surface area contributed by atoms with Gasteiger partial charge >= 0.3 is 0 Å². The SMILES string of the molecule is CN(C)S(=O)(=O)c1ccccc1C1(O)CCN(CC23CC(c4ccccc42)c2ccccc23)CC1. The number of fused-ring (bicyclic) bond motifs is 8. The summed E-state index contributed by atoms with van der Waals surface area (Å²) in [6.45, 7) is 2.37. The molecule has 0 spiro atoms. The van der Waals surface area contributed by atoms with E-state index in [2.05, 4.69) is 53.4 Å². The lowest BCUT2D eigenvalue weighted by molar-refractivity contribution is -0.0311. The fourth-order valence-electron chi connectivity index (χ4n) is 6.81. The average Bonchev–Trinajstić information content (AvgIpc) is 3.38. The minimum atomic E-state index is -3.64. The molecule has 5 nitrogen and oxygen atoms in total. The highest BCUT2D eigenvalue weighted by Gasteiger charge is 2.53. The Bertz CT molecular complexity index is 1340. The monoisotopic (exact) mass is 488 g/mol. The number of hydrogen-bond acceptors (Lipinski definition) is 4. The van der Waals surface area contributed by atoms with E-state index in [-0.39, 0.29) is 10.3 Å². The average molecular weight is 489 g/mol. The normalized spacial score (nSPS) is 25.0. The molecule has 0 amide bonds. The van der Waals surface area contributed by atoms with Crippen molar-refractivity contribution >= 4 is 10.0 Å². The molecule has 35 heavy (non-hydrogen) atoms. The van der Waals surface area contributed by atoms with Crippen LogP contribution in [0, 0.1) is 0 Å². The van der Waals surface area contributed by atoms with E-state index in [1.807, 2.05) is 6.07 Å². The van der Waals surface area contributed by atoms with E-state index in [0.29, 0.717) is 24.3 Å². The van der Waals surface area contributed by atoms with Crippen molar-refractivity contribution in [2.75, 3.05) is 33.7 Å². The van der Waals surface area contributed by atoms with Gasteiger partial charge in [-0.05, 0) is 47.6 Å². The van der Waals surface area contributed by atoms with Gasteiger partial charge in [0, 0.05) is 50.6 Å². The quantitative estimate of drug-likeness (QED) is 0.589. The van der Waals surface area contributed by atoms with Crippen molar-refractivity contribution in [1.29, 1.82) is 0 Å². The summed E-state index contributed by atoms with van der Waals surface area (Å²) in [5.41, 5.74) is 5.17. The molecule has 182 valence electrons. The number of rotatable bonds is 5. The summed E-state index contributed by atoms with van der Waals surface area (Å²) in [7, 11) is -0.579. The largest absolute Gasteiger partial charge is 0.385 e. The van der Waals surface area contributed by atoms with E-state index in [9.17, 15) is 13.5 Å². The van der Waals surface area contributed by atoms with Crippen LogP contribution in [-0.2, 0) is 21.0 Å². The second-order valence-corrected chi connectivity index (χ2v) is 12.7. The van der Waals surface area contributed by atoms with Crippen molar-refractivity contribution < 1.29 is 13.5 Å². The summed E-state index contributed by atoms with van der Waals surface area (Å²) in [5.74, 6) is 0.465. The molecule has 1 N–H and O–H groups in total. The fourth-order valence-corrected chi connectivity index (χ4v) is 7.99. The Labute approximate surface area is 208 Å². The first-order valence-electron chi connectivity index (χ1n) is 12.4. The number of nitrogens with zero attached hydrogens (tertiary/aromatic N) is 2. The van der Waals surface area contributed by atoms with Crippen LogP contribution in [0.3, 0.4) is 0 Å². The summed E-state index contributed by atoms with van der Waals surface area (Å²) < 4.78 is 27.1. The zero-order valence-corrected chi connectivity index (χ0v) is 21.1. The zero-order valence-electron chi connectivity index (χ0n) is 20.3. The Hall–Kier alpha value is -2.51. The predicted octanol–water partition coefficient (Wildman–Crippen LogP) is 4.06. The minimum absolute atomic E-state index is 0.0144. The van der Waals surface area contributed by atoms with Gasteiger partial charge in [0.15, 0.2) is 0 Å². The van der Waals surface area contributed by atoms with Gasteiger partial charge in [0.25, 0.3) is 0 Å². The third-order valence-electron chi connectivity index (χ3n) is 8.58. The highest BCUT2D eigenvalue weighted by molar-refractivity contribution is 7.89. The fraction of sp³-hybridized carbons (Fsp3) is 0.379. The lowest BCUT2D eigenvalue weighted by Gasteiger charge is -2.43. The summed E-state index contributed by atoms with van der Waals surface area (Å²) in [5, 5.41) is 11.7. The first kappa shape index (κ1) is 22.9. The molecular weight excluding hydrogens is 456 g/mol. The molecule has 0 saturated carbocycles. The Balaban J connectivity index is 1.28. The molecule has 2 bridgehead atoms. The maximum absolute atomic E-state index is 13.0. The van der Waals surface area contributed by atoms with Crippen LogP contribution >= 0.6 is 0 Å². The van der Waals surface area contributed by atoms with E-state index < -0.39 is 15.6 Å². The van der Waals surface area contributed by atoms with Gasteiger partial charge < -0.3 is 10.0 Å². The molecule has 0 radical (unpaired) electrons. The van der Waals surface area contributed by atoms with Crippen LogP contribution in [0.1, 0.15) is 53.0 Å². The Morgan fingerprint density at radius 3 is 1.94 bits per heavy atom. The van der Waals surface area contributed by atoms with Gasteiger partial charge in [0.2, 0.25) is 10.0 Å². The highest BCUT2D eigenvalue weighted by Crippen LogP contribution is 2.60. The molecule has 2 aliphatic carbocycles. The maximum Gasteiger partial charge on any atom is 0.242 e. The zero-order chi connectivity index (χ0) is 24.4. The third-order valence-corrected chi connectivity index (χ3v) is 10.5. The van der Waals surface area contributed by atoms with E-state index in [4.69, 9.17) is 0 Å². The smallest absolute Gasteiger partial charge is 0.242 e. The van der Waals surface area contributed by atoms with Crippen molar-refractivity contribution in [3.63, 3.8) is 0 Å². The summed E-state index contributed by atoms with van der Waals surface area (Å²) >= 11 is 0. The number of hydrogen-bond donors (Lipinski definition) is 1. The van der Waals surface area contributed by atoms with Crippen molar-refractivity contribution in [3.8, 4) is 0 Å². The van der Waals surface area contributed by atoms with Gasteiger partial charge in [0.05, 0.1) is 10.5 Å². The van der Waals surface area contributed by atoms with Gasteiger partial charge in [-0.15, -0.1) is 0 Å². The van der Waals surface area contributed by atoms with E-state index >= 15 is 0 Å². The second kappa shape index (κ2) is 8.00. The Morgan fingerprint density at radius 1 is 0.857 bits per heavy atom. The summed E-state index contributed by atoms with van der Waals surface area (Å²) in [4.78, 5) is 2.68. The molecule has 1 fully saturated rings. The molecule has 1 saturated heterocycles. The molecule has 1 aliphatic heterocycles. The van der Waals surface area contributed by atoms with E-state index in [0.717, 1.165) is 26.1 Å². The molecule has 6 rings (SSSR count). The molecule has 0 unspecified atom stereocenters. The van der Waals surface area contributed by atoms with Crippen LogP contribution in [0.5, 0.6) is 0 Å². The number of sulfonamides is 1. The van der Waals surface area contributed by atoms with Crippen LogP contribution in [-0.4, -0.2) is 56.5 Å². The van der Waals surface area contributed by atoms with Crippen LogP contribution < -0.4 is 0 Å². The first-order chi connectivity index (χ1) is 16.8. The van der Waals surface area contributed by atoms with Gasteiger partial charge in [-0.3, -0.25) is 0 Å². The lowest BCUT2D eigenvalue weighted by Crippen LogP contribution is -2.48. The molecule has 3 aliphatic rings. The lowest BCUT2D eigenvalue weighted by atomic mass is 9.74. The van der Waals surface area contributed by atoms with E-state index in [1.165, 1.54) is 40.7 Å². The second-order valence-electron chi connectivity index (χ2n) is 10.6. The summed E-state index contributed by atoms with van der Waals surface area (Å²) in [6.07, 6.45) is 2.13. The molecule has 3 aromatic carbocycles. The van der Waals surface area contributed by atoms with Crippen LogP contribution in [0.2, 0.25) is 0 Å². The van der Waals surface area contributed by atoms with Gasteiger partial charge in [-0.2, -0.15) is 0 Å². The molecule has 0 atom stereocenters. The van der Waals surface area contributed by atoms with Crippen molar-refractivity contribution in [2.45, 2.75) is 41.1 Å².